The lowest BCUT2D eigenvalue weighted by Crippen LogP contribution is -2.50. The summed E-state index contributed by atoms with van der Waals surface area (Å²) >= 11 is 0. The van der Waals surface area contributed by atoms with Crippen LogP contribution in [0.4, 0.5) is 0 Å². The molecule has 3 aliphatic rings. The number of rotatable bonds is 9. The maximum Gasteiger partial charge on any atom is 0.309 e. The van der Waals surface area contributed by atoms with Gasteiger partial charge >= 0.3 is 5.97 Å². The molecule has 3 aliphatic carbocycles. The summed E-state index contributed by atoms with van der Waals surface area (Å²) in [6.07, 6.45) is 4.62. The molecule has 9 heteroatoms. The Labute approximate surface area is 253 Å². The van der Waals surface area contributed by atoms with Gasteiger partial charge < -0.3 is 24.8 Å². The lowest BCUT2D eigenvalue weighted by Gasteiger charge is -2.37. The zero-order valence-corrected chi connectivity index (χ0v) is 25.4. The Morgan fingerprint density at radius 2 is 1.81 bits per heavy atom. The number of carboxylic acid groups (broad SMARTS) is 1. The first kappa shape index (κ1) is 30.4. The standard InChI is InChI=1S/C34H41N3O6/c1-20-6-5-7-21(14-20)19-36-31(38)29-22-8-9-23(15-22)30(29)37(3)32(39)26-17-27(24(18-35)16-28(26)42-4)43-25-10-12-34(2,13-11-25)33(40)41/h5-7,14,16-17,22-23,25,29-30H,8-13,15,19H2,1-4H3,(H,36,38)(H,40,41)/t22-,23+,25-,29+,30-,34+/m1/s1. The van der Waals surface area contributed by atoms with Crippen LogP contribution in [-0.2, 0) is 16.1 Å². The second-order valence-corrected chi connectivity index (χ2v) is 12.8. The van der Waals surface area contributed by atoms with Crippen molar-refractivity contribution in [2.75, 3.05) is 14.2 Å². The first-order valence-corrected chi connectivity index (χ1v) is 15.2. The van der Waals surface area contributed by atoms with E-state index < -0.39 is 11.4 Å². The predicted octanol–water partition coefficient (Wildman–Crippen LogP) is 5.09. The summed E-state index contributed by atoms with van der Waals surface area (Å²) in [4.78, 5) is 41.0. The molecule has 9 nitrogen and oxygen atoms in total. The summed E-state index contributed by atoms with van der Waals surface area (Å²) in [5, 5.41) is 22.5. The molecule has 2 bridgehead atoms. The number of carbonyl (C=O) groups is 3. The lowest BCUT2D eigenvalue weighted by molar-refractivity contribution is -0.150. The van der Waals surface area contributed by atoms with Crippen LogP contribution in [0.1, 0.15) is 78.9 Å². The molecule has 0 heterocycles. The summed E-state index contributed by atoms with van der Waals surface area (Å²) in [5.41, 5.74) is 1.91. The quantitative estimate of drug-likeness (QED) is 0.418. The number of carbonyl (C=O) groups excluding carboxylic acids is 2. The SMILES string of the molecule is COc1cc(C#N)c(O[C@H]2CC[C@@](C)(C(=O)O)CC2)cc1C(=O)N(C)[C@@H]1[C@H]2CC[C@H](C2)[C@@H]1C(=O)NCc1cccc(C)c1. The van der Waals surface area contributed by atoms with E-state index in [-0.39, 0.29) is 64.3 Å². The Bertz CT molecular complexity index is 1440. The number of benzene rings is 2. The molecule has 0 radical (unpaired) electrons. The Morgan fingerprint density at radius 3 is 2.47 bits per heavy atom. The maximum absolute atomic E-state index is 14.1. The molecule has 0 spiro atoms. The van der Waals surface area contributed by atoms with Gasteiger partial charge in [0, 0.05) is 25.7 Å². The maximum atomic E-state index is 14.1. The van der Waals surface area contributed by atoms with E-state index in [1.807, 2.05) is 25.1 Å². The Kier molecular flexibility index (Phi) is 8.68. The van der Waals surface area contributed by atoms with Crippen LogP contribution in [0.2, 0.25) is 0 Å². The van der Waals surface area contributed by atoms with Crippen molar-refractivity contribution in [3.63, 3.8) is 0 Å². The van der Waals surface area contributed by atoms with Crippen molar-refractivity contribution in [1.82, 2.24) is 10.2 Å². The molecule has 2 N–H and O–H groups in total. The lowest BCUT2D eigenvalue weighted by atomic mass is 9.75. The molecule has 3 fully saturated rings. The van der Waals surface area contributed by atoms with E-state index in [1.54, 1.807) is 24.9 Å². The molecule has 0 saturated heterocycles. The van der Waals surface area contributed by atoms with Gasteiger partial charge in [-0.15, -0.1) is 0 Å². The molecule has 0 aliphatic heterocycles. The smallest absolute Gasteiger partial charge is 0.309 e. The van der Waals surface area contributed by atoms with E-state index in [2.05, 4.69) is 17.5 Å². The molecule has 0 unspecified atom stereocenters. The van der Waals surface area contributed by atoms with Crippen molar-refractivity contribution >= 4 is 17.8 Å². The first-order valence-electron chi connectivity index (χ1n) is 15.2. The number of methoxy groups -OCH3 is 1. The fourth-order valence-electron chi connectivity index (χ4n) is 7.46. The normalized spacial score (nSPS) is 27.7. The van der Waals surface area contributed by atoms with Crippen molar-refractivity contribution < 1.29 is 29.0 Å². The van der Waals surface area contributed by atoms with Gasteiger partial charge in [0.25, 0.3) is 5.91 Å². The van der Waals surface area contributed by atoms with Gasteiger partial charge in [0.1, 0.15) is 17.6 Å². The second kappa shape index (κ2) is 12.3. The molecular formula is C34H41N3O6. The largest absolute Gasteiger partial charge is 0.496 e. The number of hydrogen-bond donors (Lipinski definition) is 2. The number of carboxylic acids is 1. The molecule has 228 valence electrons. The van der Waals surface area contributed by atoms with E-state index in [9.17, 15) is 24.8 Å². The number of amides is 2. The van der Waals surface area contributed by atoms with Gasteiger partial charge in [-0.3, -0.25) is 14.4 Å². The van der Waals surface area contributed by atoms with E-state index in [1.165, 1.54) is 13.2 Å². The summed E-state index contributed by atoms with van der Waals surface area (Å²) in [7, 11) is 3.21. The highest BCUT2D eigenvalue weighted by molar-refractivity contribution is 5.98. The van der Waals surface area contributed by atoms with Crippen LogP contribution in [0.3, 0.4) is 0 Å². The van der Waals surface area contributed by atoms with Gasteiger partial charge in [-0.05, 0) is 82.3 Å². The number of aryl methyl sites for hydroxylation is 1. The minimum atomic E-state index is -0.813. The molecule has 4 atom stereocenters. The molecule has 2 aromatic carbocycles. The van der Waals surface area contributed by atoms with Gasteiger partial charge in [0.05, 0.1) is 35.7 Å². The van der Waals surface area contributed by atoms with Crippen molar-refractivity contribution in [3.8, 4) is 17.6 Å². The van der Waals surface area contributed by atoms with Crippen LogP contribution in [0.15, 0.2) is 36.4 Å². The molecule has 3 saturated carbocycles. The summed E-state index contributed by atoms with van der Waals surface area (Å²) < 4.78 is 11.8. The number of nitriles is 1. The van der Waals surface area contributed by atoms with Gasteiger partial charge in [-0.1, -0.05) is 29.8 Å². The zero-order valence-electron chi connectivity index (χ0n) is 25.4. The van der Waals surface area contributed by atoms with Gasteiger partial charge in [-0.2, -0.15) is 5.26 Å². The van der Waals surface area contributed by atoms with E-state index in [0.29, 0.717) is 32.2 Å². The zero-order chi connectivity index (χ0) is 30.9. The Morgan fingerprint density at radius 1 is 1.09 bits per heavy atom. The predicted molar refractivity (Wildman–Crippen MR) is 160 cm³/mol. The van der Waals surface area contributed by atoms with E-state index >= 15 is 0 Å². The van der Waals surface area contributed by atoms with Crippen LogP contribution in [0, 0.1) is 41.4 Å². The average Bonchev–Trinajstić information content (AvgIpc) is 3.62. The highest BCUT2D eigenvalue weighted by atomic mass is 16.5. The van der Waals surface area contributed by atoms with Crippen LogP contribution in [0.25, 0.3) is 0 Å². The van der Waals surface area contributed by atoms with E-state index in [0.717, 1.165) is 30.4 Å². The first-order chi connectivity index (χ1) is 20.5. The molecule has 0 aromatic heterocycles. The average molecular weight is 588 g/mol. The van der Waals surface area contributed by atoms with Crippen LogP contribution in [-0.4, -0.2) is 54.1 Å². The fraction of sp³-hybridized carbons (Fsp3) is 0.529. The number of hydrogen-bond acceptors (Lipinski definition) is 6. The van der Waals surface area contributed by atoms with Crippen molar-refractivity contribution in [3.05, 3.63) is 58.7 Å². The topological polar surface area (TPSA) is 129 Å². The monoisotopic (exact) mass is 587 g/mol. The van der Waals surface area contributed by atoms with Gasteiger partial charge in [0.2, 0.25) is 5.91 Å². The Balaban J connectivity index is 1.35. The minimum absolute atomic E-state index is 0.0279. The van der Waals surface area contributed by atoms with Gasteiger partial charge in [0.15, 0.2) is 0 Å². The fourth-order valence-corrected chi connectivity index (χ4v) is 7.46. The van der Waals surface area contributed by atoms with Crippen molar-refractivity contribution in [2.45, 2.75) is 77.5 Å². The molecule has 5 rings (SSSR count). The third-order valence-corrected chi connectivity index (χ3v) is 9.99. The second-order valence-electron chi connectivity index (χ2n) is 12.8. The summed E-state index contributed by atoms with van der Waals surface area (Å²) in [5.74, 6) is -0.417. The van der Waals surface area contributed by atoms with Crippen LogP contribution in [0.5, 0.6) is 11.5 Å². The third-order valence-electron chi connectivity index (χ3n) is 9.99. The number of nitrogens with zero attached hydrogens (tertiary/aromatic N) is 2. The number of aliphatic carboxylic acids is 1. The molecule has 2 amide bonds. The van der Waals surface area contributed by atoms with E-state index in [4.69, 9.17) is 9.47 Å². The Hall–Kier alpha value is -4.06. The van der Waals surface area contributed by atoms with Gasteiger partial charge in [-0.25, -0.2) is 0 Å². The highest BCUT2D eigenvalue weighted by Gasteiger charge is 2.53. The number of ether oxygens (including phenoxy) is 2. The summed E-state index contributed by atoms with van der Waals surface area (Å²) in [6.45, 7) is 4.21. The van der Waals surface area contributed by atoms with Crippen LogP contribution >= 0.6 is 0 Å². The molecular weight excluding hydrogens is 546 g/mol. The number of nitrogens with one attached hydrogen (secondary N) is 1. The third kappa shape index (κ3) is 6.06. The number of fused-ring (bicyclic) bond motifs is 2. The van der Waals surface area contributed by atoms with Crippen LogP contribution < -0.4 is 14.8 Å². The van der Waals surface area contributed by atoms with Crippen molar-refractivity contribution in [2.24, 2.45) is 23.2 Å². The highest BCUT2D eigenvalue weighted by Crippen LogP contribution is 2.51. The minimum Gasteiger partial charge on any atom is -0.496 e. The molecule has 43 heavy (non-hydrogen) atoms. The van der Waals surface area contributed by atoms with Crippen molar-refractivity contribution in [1.29, 1.82) is 5.26 Å². The molecule has 2 aromatic rings. The summed E-state index contributed by atoms with van der Waals surface area (Å²) in [6, 6.07) is 13.0.